The lowest BCUT2D eigenvalue weighted by Gasteiger charge is -2.35. The number of rotatable bonds is 7. The van der Waals surface area contributed by atoms with E-state index in [-0.39, 0.29) is 29.7 Å². The number of pyridine rings is 1. The van der Waals surface area contributed by atoms with Gasteiger partial charge in [-0.05, 0) is 68.1 Å². The number of ether oxygens (including phenoxy) is 1. The van der Waals surface area contributed by atoms with Crippen molar-refractivity contribution >= 4 is 28.9 Å². The van der Waals surface area contributed by atoms with Crippen LogP contribution in [0.2, 0.25) is 0 Å². The molecule has 5 rings (SSSR count). The Kier molecular flexibility index (Phi) is 8.83. The molecule has 2 fully saturated rings. The first kappa shape index (κ1) is 29.9. The van der Waals surface area contributed by atoms with Gasteiger partial charge in [0, 0.05) is 55.7 Å². The summed E-state index contributed by atoms with van der Waals surface area (Å²) in [5.74, 6) is 0.821. The van der Waals surface area contributed by atoms with Crippen LogP contribution in [0.3, 0.4) is 0 Å². The van der Waals surface area contributed by atoms with E-state index in [1.165, 1.54) is 30.3 Å². The number of piperazine rings is 1. The molecule has 1 aromatic heterocycles. The summed E-state index contributed by atoms with van der Waals surface area (Å²) in [5, 5.41) is 16.9. The molecule has 2 amide bonds. The number of alkyl halides is 3. The van der Waals surface area contributed by atoms with Crippen LogP contribution in [0, 0.1) is 15.9 Å². The number of carbonyl (C=O) groups excluding carboxylic acids is 1. The number of carbonyl (C=O) groups is 1. The predicted octanol–water partition coefficient (Wildman–Crippen LogP) is 6.30. The van der Waals surface area contributed by atoms with E-state index < -0.39 is 22.4 Å². The van der Waals surface area contributed by atoms with Crippen LogP contribution in [0.15, 0.2) is 60.7 Å². The maximum absolute atomic E-state index is 13.3. The largest absolute Gasteiger partial charge is 0.474 e. The van der Waals surface area contributed by atoms with Crippen molar-refractivity contribution in [1.29, 1.82) is 0 Å². The first-order valence-corrected chi connectivity index (χ1v) is 13.9. The Morgan fingerprint density at radius 2 is 1.63 bits per heavy atom. The Hall–Kier alpha value is -4.62. The average molecular weight is 603 g/mol. The van der Waals surface area contributed by atoms with Crippen molar-refractivity contribution in [3.8, 4) is 5.88 Å². The van der Waals surface area contributed by atoms with Crippen molar-refractivity contribution in [3.05, 3.63) is 82.2 Å². The number of hydrogen-bond acceptors (Lipinski definition) is 7. The molecule has 0 atom stereocenters. The second kappa shape index (κ2) is 12.7. The van der Waals surface area contributed by atoms with Crippen LogP contribution in [-0.4, -0.2) is 59.2 Å². The van der Waals surface area contributed by atoms with Crippen molar-refractivity contribution in [2.24, 2.45) is 0 Å². The number of anilines is 3. The molecule has 0 radical (unpaired) electrons. The molecule has 1 aliphatic carbocycles. The molecule has 3 aromatic rings. The van der Waals surface area contributed by atoms with Gasteiger partial charge in [-0.3, -0.25) is 10.1 Å². The van der Waals surface area contributed by atoms with Gasteiger partial charge in [0.05, 0.1) is 4.92 Å². The zero-order valence-electron chi connectivity index (χ0n) is 23.0. The highest BCUT2D eigenvalue weighted by atomic mass is 19.4. The Bertz CT molecular complexity index is 1440. The summed E-state index contributed by atoms with van der Waals surface area (Å²) >= 11 is 0. The van der Waals surface area contributed by atoms with Crippen LogP contribution in [0.4, 0.5) is 45.2 Å². The third-order valence-electron chi connectivity index (χ3n) is 7.53. The standard InChI is InChI=1S/C29H30F4N6O4/c30-19-4-6-21(7-5-19)35-28(40)38-16-14-37(15-17-38)26-2-1-3-27(36-26)43-23-11-8-20(9-12-23)34-22-10-13-25(39(41)42)24(18-22)29(31,32)33/h1-7,10,13,18,20,23,34H,8-9,11-12,14-17H2,(H,35,40). The molecular weight excluding hydrogens is 572 g/mol. The van der Waals surface area contributed by atoms with Gasteiger partial charge in [-0.1, -0.05) is 6.07 Å². The van der Waals surface area contributed by atoms with Crippen molar-refractivity contribution in [3.63, 3.8) is 0 Å². The van der Waals surface area contributed by atoms with Crippen LogP contribution in [-0.2, 0) is 6.18 Å². The second-order valence-corrected chi connectivity index (χ2v) is 10.5. The lowest BCUT2D eigenvalue weighted by molar-refractivity contribution is -0.388. The number of halogens is 4. The van der Waals surface area contributed by atoms with Gasteiger partial charge in [0.1, 0.15) is 23.3 Å². The average Bonchev–Trinajstić information content (AvgIpc) is 2.99. The van der Waals surface area contributed by atoms with Gasteiger partial charge in [-0.15, -0.1) is 0 Å². The number of nitro benzene ring substituents is 1. The van der Waals surface area contributed by atoms with Crippen LogP contribution in [0.25, 0.3) is 0 Å². The Labute approximate surface area is 244 Å². The van der Waals surface area contributed by atoms with Crippen molar-refractivity contribution < 1.29 is 32.0 Å². The number of nitro groups is 1. The minimum atomic E-state index is -4.83. The fourth-order valence-corrected chi connectivity index (χ4v) is 5.26. The Morgan fingerprint density at radius 1 is 0.953 bits per heavy atom. The summed E-state index contributed by atoms with van der Waals surface area (Å²) in [7, 11) is 0. The molecule has 2 N–H and O–H groups in total. The van der Waals surface area contributed by atoms with E-state index in [1.54, 1.807) is 11.0 Å². The number of nitrogens with zero attached hydrogens (tertiary/aromatic N) is 4. The van der Waals surface area contributed by atoms with Crippen molar-refractivity contribution in [1.82, 2.24) is 9.88 Å². The molecule has 0 spiro atoms. The fraction of sp³-hybridized carbons (Fsp3) is 0.379. The fourth-order valence-electron chi connectivity index (χ4n) is 5.26. The third kappa shape index (κ3) is 7.62. The smallest absolute Gasteiger partial charge is 0.423 e. The van der Waals surface area contributed by atoms with E-state index in [0.717, 1.165) is 18.0 Å². The summed E-state index contributed by atoms with van der Waals surface area (Å²) in [6.07, 6.45) is -2.35. The molecule has 0 bridgehead atoms. The van der Waals surface area contributed by atoms with Gasteiger partial charge in [-0.25, -0.2) is 9.18 Å². The normalized spacial score (nSPS) is 19.1. The van der Waals surface area contributed by atoms with E-state index in [9.17, 15) is 32.5 Å². The van der Waals surface area contributed by atoms with E-state index in [2.05, 4.69) is 20.5 Å². The third-order valence-corrected chi connectivity index (χ3v) is 7.53. The van der Waals surface area contributed by atoms with Crippen LogP contribution >= 0.6 is 0 Å². The number of aromatic nitrogens is 1. The highest BCUT2D eigenvalue weighted by Crippen LogP contribution is 2.38. The van der Waals surface area contributed by atoms with Crippen LogP contribution in [0.1, 0.15) is 31.2 Å². The maximum Gasteiger partial charge on any atom is 0.423 e. The minimum Gasteiger partial charge on any atom is -0.474 e. The van der Waals surface area contributed by atoms with Gasteiger partial charge < -0.3 is 25.2 Å². The number of amides is 2. The van der Waals surface area contributed by atoms with Crippen molar-refractivity contribution in [2.45, 2.75) is 44.0 Å². The summed E-state index contributed by atoms with van der Waals surface area (Å²) in [5.41, 5.74) is -1.55. The topological polar surface area (TPSA) is 113 Å². The summed E-state index contributed by atoms with van der Waals surface area (Å²) < 4.78 is 59.2. The van der Waals surface area contributed by atoms with E-state index in [0.29, 0.717) is 63.4 Å². The molecule has 2 aromatic carbocycles. The van der Waals surface area contributed by atoms with Gasteiger partial charge in [-0.2, -0.15) is 18.2 Å². The number of urea groups is 1. The van der Waals surface area contributed by atoms with Gasteiger partial charge >= 0.3 is 12.2 Å². The second-order valence-electron chi connectivity index (χ2n) is 10.5. The van der Waals surface area contributed by atoms with Crippen LogP contribution < -0.4 is 20.3 Å². The molecule has 2 aliphatic rings. The van der Waals surface area contributed by atoms with Crippen molar-refractivity contribution in [2.75, 3.05) is 41.7 Å². The van der Waals surface area contributed by atoms with E-state index >= 15 is 0 Å². The molecule has 43 heavy (non-hydrogen) atoms. The molecule has 1 saturated carbocycles. The lowest BCUT2D eigenvalue weighted by Crippen LogP contribution is -2.50. The van der Waals surface area contributed by atoms with E-state index in [1.807, 2.05) is 12.1 Å². The molecule has 10 nitrogen and oxygen atoms in total. The number of benzene rings is 2. The molecule has 1 saturated heterocycles. The zero-order valence-corrected chi connectivity index (χ0v) is 23.0. The highest BCUT2D eigenvalue weighted by Gasteiger charge is 2.38. The molecule has 1 aliphatic heterocycles. The quantitative estimate of drug-likeness (QED) is 0.185. The first-order chi connectivity index (χ1) is 20.5. The highest BCUT2D eigenvalue weighted by molar-refractivity contribution is 5.89. The molecule has 14 heteroatoms. The van der Waals surface area contributed by atoms with Gasteiger partial charge in [0.25, 0.3) is 5.69 Å². The Morgan fingerprint density at radius 3 is 2.28 bits per heavy atom. The first-order valence-electron chi connectivity index (χ1n) is 13.9. The minimum absolute atomic E-state index is 0.0989. The van der Waals surface area contributed by atoms with E-state index in [4.69, 9.17) is 4.74 Å². The maximum atomic E-state index is 13.3. The number of nitrogens with one attached hydrogen (secondary N) is 2. The predicted molar refractivity (Wildman–Crippen MR) is 152 cm³/mol. The molecular formula is C29H30F4N6O4. The monoisotopic (exact) mass is 602 g/mol. The van der Waals surface area contributed by atoms with Gasteiger partial charge in [0.15, 0.2) is 0 Å². The lowest BCUT2D eigenvalue weighted by atomic mass is 9.92. The summed E-state index contributed by atoms with van der Waals surface area (Å²) in [4.78, 5) is 31.0. The zero-order chi connectivity index (χ0) is 30.6. The van der Waals surface area contributed by atoms with Crippen LogP contribution in [0.5, 0.6) is 5.88 Å². The summed E-state index contributed by atoms with van der Waals surface area (Å²) in [6, 6.07) is 13.7. The van der Waals surface area contributed by atoms with Gasteiger partial charge in [0.2, 0.25) is 5.88 Å². The Balaban J connectivity index is 1.10. The molecule has 228 valence electrons. The summed E-state index contributed by atoms with van der Waals surface area (Å²) in [6.45, 7) is 2.11. The molecule has 0 unspecified atom stereocenters. The number of hydrogen-bond donors (Lipinski definition) is 2. The SMILES string of the molecule is O=C(Nc1ccc(F)cc1)N1CCN(c2cccc(OC3CCC(Nc4ccc([N+](=O)[O-])c(C(F)(F)F)c4)CC3)n2)CC1. The molecule has 2 heterocycles.